The molecule has 0 aromatic rings. The minimum atomic E-state index is -1.25. The lowest BCUT2D eigenvalue weighted by molar-refractivity contribution is -0.144. The van der Waals surface area contributed by atoms with Gasteiger partial charge in [0.15, 0.2) is 0 Å². The Morgan fingerprint density at radius 1 is 1.64 bits per heavy atom. The van der Waals surface area contributed by atoms with Gasteiger partial charge in [0.25, 0.3) is 0 Å². The van der Waals surface area contributed by atoms with Crippen molar-refractivity contribution in [3.8, 4) is 0 Å². The summed E-state index contributed by atoms with van der Waals surface area (Å²) in [7, 11) is 0. The molecule has 2 atom stereocenters. The number of nitrogens with two attached hydrogens (primary N) is 1. The van der Waals surface area contributed by atoms with Gasteiger partial charge in [-0.3, -0.25) is 9.18 Å². The molecule has 3 N–H and O–H groups in total. The van der Waals surface area contributed by atoms with E-state index in [9.17, 15) is 9.18 Å². The highest BCUT2D eigenvalue weighted by Crippen LogP contribution is 2.22. The van der Waals surface area contributed by atoms with E-state index in [1.165, 1.54) is 0 Å². The summed E-state index contributed by atoms with van der Waals surface area (Å²) in [6, 6.07) is 0. The Morgan fingerprint density at radius 2 is 2.21 bits per heavy atom. The monoisotopic (exact) mass is 205 g/mol. The number of hydrogen-bond acceptors (Lipinski definition) is 2. The molecule has 0 fully saturated rings. The van der Waals surface area contributed by atoms with Crippen molar-refractivity contribution in [2.24, 2.45) is 11.7 Å². The molecule has 3 nitrogen and oxygen atoms in total. The van der Waals surface area contributed by atoms with Gasteiger partial charge in [0.1, 0.15) is 5.54 Å². The van der Waals surface area contributed by atoms with Gasteiger partial charge in [0, 0.05) is 0 Å². The molecule has 0 saturated heterocycles. The third kappa shape index (κ3) is 4.05. The molecule has 0 unspecified atom stereocenters. The van der Waals surface area contributed by atoms with Gasteiger partial charge in [-0.15, -0.1) is 0 Å². The van der Waals surface area contributed by atoms with Crippen LogP contribution < -0.4 is 5.73 Å². The van der Waals surface area contributed by atoms with Crippen LogP contribution in [0.4, 0.5) is 4.39 Å². The maximum absolute atomic E-state index is 12.0. The van der Waals surface area contributed by atoms with Crippen LogP contribution in [-0.2, 0) is 4.79 Å². The van der Waals surface area contributed by atoms with Crippen molar-refractivity contribution in [2.45, 2.75) is 45.1 Å². The lowest BCUT2D eigenvalue weighted by Gasteiger charge is -2.27. The van der Waals surface area contributed by atoms with Crippen molar-refractivity contribution in [2.75, 3.05) is 6.67 Å². The smallest absolute Gasteiger partial charge is 0.323 e. The second-order valence-corrected chi connectivity index (χ2v) is 3.97. The highest BCUT2D eigenvalue weighted by Gasteiger charge is 2.34. The van der Waals surface area contributed by atoms with Crippen LogP contribution in [0, 0.1) is 5.92 Å². The molecule has 14 heavy (non-hydrogen) atoms. The van der Waals surface area contributed by atoms with Crippen LogP contribution in [0.5, 0.6) is 0 Å². The summed E-state index contributed by atoms with van der Waals surface area (Å²) in [5.74, 6) is -0.762. The van der Waals surface area contributed by atoms with Gasteiger partial charge < -0.3 is 10.8 Å². The molecule has 0 amide bonds. The summed E-state index contributed by atoms with van der Waals surface area (Å²) >= 11 is 0. The molecular formula is C10H20FNO2. The van der Waals surface area contributed by atoms with Gasteiger partial charge in [0.05, 0.1) is 6.67 Å². The fraction of sp³-hybridized carbons (Fsp3) is 0.900. The number of aliphatic carboxylic acids is 1. The van der Waals surface area contributed by atoms with E-state index in [0.29, 0.717) is 6.42 Å². The largest absolute Gasteiger partial charge is 0.480 e. The molecule has 0 rings (SSSR count). The van der Waals surface area contributed by atoms with E-state index in [4.69, 9.17) is 10.8 Å². The van der Waals surface area contributed by atoms with E-state index in [0.717, 1.165) is 6.42 Å². The van der Waals surface area contributed by atoms with Crippen LogP contribution in [0.15, 0.2) is 0 Å². The Labute approximate surface area is 84.5 Å². The predicted molar refractivity (Wildman–Crippen MR) is 53.8 cm³/mol. The van der Waals surface area contributed by atoms with Crippen molar-refractivity contribution < 1.29 is 14.3 Å². The summed E-state index contributed by atoms with van der Waals surface area (Å²) in [6.07, 6.45) is 1.74. The van der Waals surface area contributed by atoms with Gasteiger partial charge in [0.2, 0.25) is 0 Å². The topological polar surface area (TPSA) is 63.3 Å². The quantitative estimate of drug-likeness (QED) is 0.667. The predicted octanol–water partition coefficient (Wildman–Crippen LogP) is 1.95. The number of hydrogen-bond donors (Lipinski definition) is 2. The molecule has 0 aliphatic rings. The number of carboxylic acid groups (broad SMARTS) is 1. The Hall–Kier alpha value is -0.640. The average molecular weight is 205 g/mol. The summed E-state index contributed by atoms with van der Waals surface area (Å²) in [4.78, 5) is 10.9. The first-order valence-electron chi connectivity index (χ1n) is 5.04. The Balaban J connectivity index is 4.31. The minimum Gasteiger partial charge on any atom is -0.480 e. The first kappa shape index (κ1) is 13.4. The van der Waals surface area contributed by atoms with Gasteiger partial charge in [-0.25, -0.2) is 0 Å². The van der Waals surface area contributed by atoms with Crippen LogP contribution in [0.1, 0.15) is 39.5 Å². The molecular weight excluding hydrogens is 185 g/mol. The number of halogens is 1. The van der Waals surface area contributed by atoms with Crippen molar-refractivity contribution in [1.82, 2.24) is 0 Å². The van der Waals surface area contributed by atoms with Crippen molar-refractivity contribution in [3.05, 3.63) is 0 Å². The normalized spacial score (nSPS) is 17.4. The molecule has 84 valence electrons. The standard InChI is InChI=1S/C10H20FNO2/c1-3-8(2)7-10(12,9(13)14)5-4-6-11/h8H,3-7,12H2,1-2H3,(H,13,14)/t8-,10+/m0/s1. The SMILES string of the molecule is CC[C@H](C)C[C@](N)(CCCF)C(=O)O. The minimum absolute atomic E-state index is 0.211. The molecule has 0 radical (unpaired) electrons. The molecule has 0 aromatic heterocycles. The molecule has 0 spiro atoms. The van der Waals surface area contributed by atoms with Crippen molar-refractivity contribution >= 4 is 5.97 Å². The number of carbonyl (C=O) groups is 1. The van der Waals surface area contributed by atoms with E-state index in [1.54, 1.807) is 0 Å². The van der Waals surface area contributed by atoms with E-state index >= 15 is 0 Å². The van der Waals surface area contributed by atoms with Crippen molar-refractivity contribution in [3.63, 3.8) is 0 Å². The number of carboxylic acids is 1. The van der Waals surface area contributed by atoms with Crippen LogP contribution in [0.3, 0.4) is 0 Å². The fourth-order valence-corrected chi connectivity index (χ4v) is 1.44. The Bertz CT molecular complexity index is 187. The van der Waals surface area contributed by atoms with Crippen LogP contribution in [-0.4, -0.2) is 23.3 Å². The zero-order valence-electron chi connectivity index (χ0n) is 8.92. The van der Waals surface area contributed by atoms with E-state index in [2.05, 4.69) is 0 Å². The third-order valence-electron chi connectivity index (χ3n) is 2.59. The first-order valence-corrected chi connectivity index (χ1v) is 5.04. The van der Waals surface area contributed by atoms with Crippen LogP contribution >= 0.6 is 0 Å². The van der Waals surface area contributed by atoms with Crippen LogP contribution in [0.2, 0.25) is 0 Å². The van der Waals surface area contributed by atoms with E-state index < -0.39 is 18.2 Å². The average Bonchev–Trinajstić information content (AvgIpc) is 2.14. The first-order chi connectivity index (χ1) is 6.46. The van der Waals surface area contributed by atoms with E-state index in [1.807, 2.05) is 13.8 Å². The second kappa shape index (κ2) is 5.96. The molecule has 0 aromatic carbocycles. The lowest BCUT2D eigenvalue weighted by Crippen LogP contribution is -2.49. The number of alkyl halides is 1. The summed E-state index contributed by atoms with van der Waals surface area (Å²) in [5, 5.41) is 8.96. The number of rotatable bonds is 7. The highest BCUT2D eigenvalue weighted by molar-refractivity contribution is 5.78. The second-order valence-electron chi connectivity index (χ2n) is 3.97. The Kier molecular flexibility index (Phi) is 5.69. The van der Waals surface area contributed by atoms with Crippen molar-refractivity contribution in [1.29, 1.82) is 0 Å². The molecule has 0 aliphatic carbocycles. The highest BCUT2D eigenvalue weighted by atomic mass is 19.1. The van der Waals surface area contributed by atoms with Gasteiger partial charge in [-0.05, 0) is 25.2 Å². The summed E-state index contributed by atoms with van der Waals surface area (Å²) < 4.78 is 12.0. The maximum Gasteiger partial charge on any atom is 0.323 e. The van der Waals surface area contributed by atoms with Gasteiger partial charge in [-0.1, -0.05) is 20.3 Å². The molecule has 0 aliphatic heterocycles. The lowest BCUT2D eigenvalue weighted by atomic mass is 9.84. The van der Waals surface area contributed by atoms with Crippen LogP contribution in [0.25, 0.3) is 0 Å². The van der Waals surface area contributed by atoms with E-state index in [-0.39, 0.29) is 18.8 Å². The summed E-state index contributed by atoms with van der Waals surface area (Å²) in [6.45, 7) is 3.44. The van der Waals surface area contributed by atoms with Gasteiger partial charge >= 0.3 is 5.97 Å². The third-order valence-corrected chi connectivity index (χ3v) is 2.59. The maximum atomic E-state index is 12.0. The molecule has 0 bridgehead atoms. The molecule has 4 heteroatoms. The molecule has 0 saturated carbocycles. The zero-order valence-corrected chi connectivity index (χ0v) is 8.92. The summed E-state index contributed by atoms with van der Waals surface area (Å²) in [5.41, 5.74) is 4.49. The van der Waals surface area contributed by atoms with Gasteiger partial charge in [-0.2, -0.15) is 0 Å². The Morgan fingerprint density at radius 3 is 2.57 bits per heavy atom. The molecule has 0 heterocycles. The fourth-order valence-electron chi connectivity index (χ4n) is 1.44. The zero-order chi connectivity index (χ0) is 11.2.